The summed E-state index contributed by atoms with van der Waals surface area (Å²) in [6.45, 7) is 4.02. The summed E-state index contributed by atoms with van der Waals surface area (Å²) >= 11 is 3.42. The van der Waals surface area contributed by atoms with Crippen molar-refractivity contribution in [3.8, 4) is 0 Å². The van der Waals surface area contributed by atoms with E-state index in [1.165, 1.54) is 0 Å². The lowest BCUT2D eigenvalue weighted by atomic mass is 9.82. The van der Waals surface area contributed by atoms with Crippen LogP contribution in [0.1, 0.15) is 19.4 Å². The number of hydrogen-bond acceptors (Lipinski definition) is 2. The number of carbonyl (C=O) groups excluding carboxylic acids is 1. The molecule has 0 atom stereocenters. The van der Waals surface area contributed by atoms with Gasteiger partial charge in [0.25, 0.3) is 0 Å². The van der Waals surface area contributed by atoms with E-state index in [4.69, 9.17) is 0 Å². The van der Waals surface area contributed by atoms with Gasteiger partial charge in [0.05, 0.1) is 11.4 Å². The molecule has 1 heterocycles. The number of rotatable bonds is 1. The van der Waals surface area contributed by atoms with Crippen LogP contribution in [0.3, 0.4) is 0 Å². The third-order valence-electron chi connectivity index (χ3n) is 2.62. The van der Waals surface area contributed by atoms with Crippen molar-refractivity contribution in [2.75, 3.05) is 0 Å². The molecule has 0 bridgehead atoms. The van der Waals surface area contributed by atoms with Crippen LogP contribution in [-0.4, -0.2) is 12.0 Å². The fourth-order valence-corrected chi connectivity index (χ4v) is 2.05. The van der Waals surface area contributed by atoms with Crippen LogP contribution in [0.25, 0.3) is 0 Å². The first-order valence-electron chi connectivity index (χ1n) is 4.40. The molecular formula is C11H10BrNO. The van der Waals surface area contributed by atoms with Crippen LogP contribution in [0.15, 0.2) is 27.7 Å². The van der Waals surface area contributed by atoms with Gasteiger partial charge in [0, 0.05) is 9.89 Å². The van der Waals surface area contributed by atoms with Crippen LogP contribution < -0.4 is 0 Å². The molecular weight excluding hydrogens is 242 g/mol. The smallest absolute Gasteiger partial charge is 0.165 e. The van der Waals surface area contributed by atoms with Crippen molar-refractivity contribution in [3.63, 3.8) is 0 Å². The van der Waals surface area contributed by atoms with Crippen LogP contribution in [0, 0.1) is 0 Å². The van der Waals surface area contributed by atoms with Gasteiger partial charge in [0.2, 0.25) is 0 Å². The van der Waals surface area contributed by atoms with Gasteiger partial charge in [-0.2, -0.15) is 0 Å². The Balaban J connectivity index is 2.64. The molecule has 1 aromatic rings. The van der Waals surface area contributed by atoms with Crippen molar-refractivity contribution in [2.24, 2.45) is 4.99 Å². The molecule has 0 N–H and O–H groups in total. The fourth-order valence-electron chi connectivity index (χ4n) is 1.69. The van der Waals surface area contributed by atoms with Crippen LogP contribution in [0.2, 0.25) is 0 Å². The number of aliphatic imine (C=N–C) groups is 1. The first kappa shape index (κ1) is 9.59. The third kappa shape index (κ3) is 1.23. The summed E-state index contributed by atoms with van der Waals surface area (Å²) in [7, 11) is 0. The maximum atomic E-state index is 10.8. The number of carbonyl (C=O) groups is 1. The lowest BCUT2D eigenvalue weighted by molar-refractivity contribution is -0.102. The molecule has 2 nitrogen and oxygen atoms in total. The number of hydrogen-bond donors (Lipinski definition) is 0. The Morgan fingerprint density at radius 2 is 2.14 bits per heavy atom. The standard InChI is InChI=1S/C11H10BrNO/c1-11(2)8-5-7(12)3-4-9(8)13-10(11)6-14/h3-6H,1-2H3. The molecule has 0 saturated heterocycles. The summed E-state index contributed by atoms with van der Waals surface area (Å²) in [6.07, 6.45) is 0.841. The number of halogens is 1. The van der Waals surface area contributed by atoms with Gasteiger partial charge in [-0.1, -0.05) is 15.9 Å². The predicted molar refractivity (Wildman–Crippen MR) is 60.3 cm³/mol. The molecule has 1 aromatic carbocycles. The van der Waals surface area contributed by atoms with E-state index in [0.717, 1.165) is 22.0 Å². The highest BCUT2D eigenvalue weighted by molar-refractivity contribution is 9.10. The molecule has 0 unspecified atom stereocenters. The summed E-state index contributed by atoms with van der Waals surface area (Å²) in [5.41, 5.74) is 2.35. The lowest BCUT2D eigenvalue weighted by Crippen LogP contribution is -2.26. The van der Waals surface area contributed by atoms with Crippen molar-refractivity contribution in [2.45, 2.75) is 19.3 Å². The Kier molecular flexibility index (Phi) is 2.07. The number of fused-ring (bicyclic) bond motifs is 1. The minimum absolute atomic E-state index is 0.263. The molecule has 0 radical (unpaired) electrons. The van der Waals surface area contributed by atoms with Crippen LogP contribution in [0.5, 0.6) is 0 Å². The van der Waals surface area contributed by atoms with Crippen LogP contribution >= 0.6 is 15.9 Å². The average molecular weight is 252 g/mol. The summed E-state index contributed by atoms with van der Waals surface area (Å²) in [5, 5.41) is 0. The Hall–Kier alpha value is -0.960. The lowest BCUT2D eigenvalue weighted by Gasteiger charge is -2.18. The molecule has 0 spiro atoms. The second-order valence-electron chi connectivity index (χ2n) is 3.90. The van der Waals surface area contributed by atoms with Crippen molar-refractivity contribution in [1.82, 2.24) is 0 Å². The summed E-state index contributed by atoms with van der Waals surface area (Å²) < 4.78 is 1.02. The normalized spacial score (nSPS) is 17.5. The zero-order chi connectivity index (χ0) is 10.3. The Bertz CT molecular complexity index is 435. The highest BCUT2D eigenvalue weighted by atomic mass is 79.9. The summed E-state index contributed by atoms with van der Waals surface area (Å²) in [6, 6.07) is 5.89. The van der Waals surface area contributed by atoms with Gasteiger partial charge in [-0.25, -0.2) is 4.99 Å². The average Bonchev–Trinajstić information content (AvgIpc) is 2.38. The van der Waals surface area contributed by atoms with E-state index in [2.05, 4.69) is 20.9 Å². The first-order valence-corrected chi connectivity index (χ1v) is 5.19. The maximum absolute atomic E-state index is 10.8. The quantitative estimate of drug-likeness (QED) is 0.706. The largest absolute Gasteiger partial charge is 0.296 e. The molecule has 1 aliphatic rings. The molecule has 0 aromatic heterocycles. The number of aldehydes is 1. The van der Waals surface area contributed by atoms with Crippen LogP contribution in [-0.2, 0) is 10.2 Å². The molecule has 0 amide bonds. The second kappa shape index (κ2) is 3.02. The molecule has 0 aliphatic carbocycles. The molecule has 3 heteroatoms. The van der Waals surface area contributed by atoms with E-state index in [1.807, 2.05) is 32.0 Å². The topological polar surface area (TPSA) is 29.4 Å². The molecule has 0 fully saturated rings. The zero-order valence-corrected chi connectivity index (χ0v) is 9.63. The minimum Gasteiger partial charge on any atom is -0.296 e. The van der Waals surface area contributed by atoms with Crippen LogP contribution in [0.4, 0.5) is 5.69 Å². The van der Waals surface area contributed by atoms with Crippen molar-refractivity contribution < 1.29 is 4.79 Å². The van der Waals surface area contributed by atoms with Gasteiger partial charge >= 0.3 is 0 Å². The van der Waals surface area contributed by atoms with E-state index in [1.54, 1.807) is 0 Å². The Labute approximate surface area is 91.2 Å². The van der Waals surface area contributed by atoms with Gasteiger partial charge in [-0.05, 0) is 37.6 Å². The summed E-state index contributed by atoms with van der Waals surface area (Å²) in [4.78, 5) is 15.1. The highest BCUT2D eigenvalue weighted by Crippen LogP contribution is 2.40. The predicted octanol–water partition coefficient (Wildman–Crippen LogP) is 3.01. The molecule has 72 valence electrons. The van der Waals surface area contributed by atoms with Gasteiger partial charge < -0.3 is 0 Å². The zero-order valence-electron chi connectivity index (χ0n) is 8.04. The number of nitrogens with zero attached hydrogens (tertiary/aromatic N) is 1. The van der Waals surface area contributed by atoms with E-state index in [9.17, 15) is 4.79 Å². The molecule has 14 heavy (non-hydrogen) atoms. The monoisotopic (exact) mass is 251 g/mol. The SMILES string of the molecule is CC1(C)C(C=O)=Nc2ccc(Br)cc21. The minimum atomic E-state index is -0.263. The van der Waals surface area contributed by atoms with Gasteiger partial charge in [-0.15, -0.1) is 0 Å². The Morgan fingerprint density at radius 1 is 1.43 bits per heavy atom. The summed E-state index contributed by atoms with van der Waals surface area (Å²) in [5.74, 6) is 0. The molecule has 0 saturated carbocycles. The van der Waals surface area contributed by atoms with Crippen molar-refractivity contribution in [1.29, 1.82) is 0 Å². The van der Waals surface area contributed by atoms with Crippen molar-refractivity contribution >= 4 is 33.6 Å². The maximum Gasteiger partial charge on any atom is 0.165 e. The molecule has 1 aliphatic heterocycles. The Morgan fingerprint density at radius 3 is 2.79 bits per heavy atom. The number of benzene rings is 1. The third-order valence-corrected chi connectivity index (χ3v) is 3.12. The van der Waals surface area contributed by atoms with E-state index >= 15 is 0 Å². The highest BCUT2D eigenvalue weighted by Gasteiger charge is 2.34. The van der Waals surface area contributed by atoms with Crippen molar-refractivity contribution in [3.05, 3.63) is 28.2 Å². The van der Waals surface area contributed by atoms with Gasteiger partial charge in [0.15, 0.2) is 6.29 Å². The van der Waals surface area contributed by atoms with E-state index < -0.39 is 0 Å². The van der Waals surface area contributed by atoms with E-state index in [0.29, 0.717) is 5.71 Å². The van der Waals surface area contributed by atoms with E-state index in [-0.39, 0.29) is 5.41 Å². The fraction of sp³-hybridized carbons (Fsp3) is 0.273. The second-order valence-corrected chi connectivity index (χ2v) is 4.82. The molecule has 2 rings (SSSR count). The van der Waals surface area contributed by atoms with Gasteiger partial charge in [0.1, 0.15) is 0 Å². The van der Waals surface area contributed by atoms with Gasteiger partial charge in [-0.3, -0.25) is 4.79 Å². The first-order chi connectivity index (χ1) is 6.55.